The second-order valence-corrected chi connectivity index (χ2v) is 13.0. The fourth-order valence-corrected chi connectivity index (χ4v) is 6.95. The van der Waals surface area contributed by atoms with Gasteiger partial charge in [0, 0.05) is 45.7 Å². The highest BCUT2D eigenvalue weighted by Crippen LogP contribution is 2.35. The Morgan fingerprint density at radius 2 is 1.47 bits per heavy atom. The first kappa shape index (κ1) is 33.9. The fourth-order valence-electron chi connectivity index (χ4n) is 6.95. The summed E-state index contributed by atoms with van der Waals surface area (Å²) in [5.74, 6) is -1.19. The second kappa shape index (κ2) is 16.4. The number of urea groups is 1. The number of piperidine rings is 1. The third-order valence-corrected chi connectivity index (χ3v) is 9.73. The molecule has 252 valence electrons. The summed E-state index contributed by atoms with van der Waals surface area (Å²) >= 11 is 0. The Balaban J connectivity index is 1.12. The third kappa shape index (κ3) is 8.90. The number of nitrogens with one attached hydrogen (secondary N) is 1. The van der Waals surface area contributed by atoms with Gasteiger partial charge < -0.3 is 25.2 Å². The topological polar surface area (TPSA) is 140 Å². The van der Waals surface area contributed by atoms with Gasteiger partial charge in [0.1, 0.15) is 6.61 Å². The number of nitrogens with two attached hydrogens (primary N) is 1. The molecule has 11 heteroatoms. The molecule has 2 aromatic rings. The van der Waals surface area contributed by atoms with Crippen molar-refractivity contribution in [2.75, 3.05) is 39.3 Å². The van der Waals surface area contributed by atoms with Crippen molar-refractivity contribution in [1.82, 2.24) is 19.6 Å². The molecular weight excluding hydrogens is 596 g/mol. The van der Waals surface area contributed by atoms with Gasteiger partial charge in [-0.05, 0) is 62.0 Å². The summed E-state index contributed by atoms with van der Waals surface area (Å²) in [4.78, 5) is 59.7. The van der Waals surface area contributed by atoms with Gasteiger partial charge in [-0.15, -0.1) is 0 Å². The van der Waals surface area contributed by atoms with Crippen LogP contribution in [0.25, 0.3) is 0 Å². The summed E-state index contributed by atoms with van der Waals surface area (Å²) in [7, 11) is 0. The van der Waals surface area contributed by atoms with Gasteiger partial charge in [0.25, 0.3) is 0 Å². The van der Waals surface area contributed by atoms with Gasteiger partial charge in [0.2, 0.25) is 11.8 Å². The molecule has 11 nitrogen and oxygen atoms in total. The maximum Gasteiger partial charge on any atom is 0.330 e. The van der Waals surface area contributed by atoms with Gasteiger partial charge in [-0.25, -0.2) is 14.5 Å². The summed E-state index contributed by atoms with van der Waals surface area (Å²) < 4.78 is 5.64. The molecule has 0 saturated carbocycles. The molecular formula is C36H48N6O5. The number of nitrogens with zero attached hydrogens (tertiary/aromatic N) is 4. The standard InChI is InChI=1S/C36H48N6O5/c37-35(38)41-20-10-16-28(25-41)18-19-30-32(34(45)47-26-29-14-7-2-8-15-29)42(33(30)44)36(46)40-23-21-39(22-24-40)31(43)17-9-3-6-13-27-11-4-1-5-12-27/h1-2,4-5,7-8,11-12,14-15,28,30,32H,3,6,9-10,13,16-26H2,(H3,37,38). The summed E-state index contributed by atoms with van der Waals surface area (Å²) in [6.07, 6.45) is 7.36. The van der Waals surface area contributed by atoms with E-state index in [0.29, 0.717) is 52.0 Å². The van der Waals surface area contributed by atoms with Gasteiger partial charge in [-0.2, -0.15) is 0 Å². The predicted octanol–water partition coefficient (Wildman–Crippen LogP) is 4.01. The molecule has 0 radical (unpaired) electrons. The van der Waals surface area contributed by atoms with E-state index in [1.165, 1.54) is 5.56 Å². The van der Waals surface area contributed by atoms with E-state index in [2.05, 4.69) is 12.1 Å². The van der Waals surface area contributed by atoms with Crippen molar-refractivity contribution in [2.45, 2.75) is 70.4 Å². The molecule has 47 heavy (non-hydrogen) atoms. The van der Waals surface area contributed by atoms with E-state index in [1.54, 1.807) is 9.80 Å². The van der Waals surface area contributed by atoms with Gasteiger partial charge in [-0.1, -0.05) is 67.1 Å². The van der Waals surface area contributed by atoms with Crippen LogP contribution in [0.3, 0.4) is 0 Å². The first-order valence-corrected chi connectivity index (χ1v) is 17.0. The molecule has 0 spiro atoms. The second-order valence-electron chi connectivity index (χ2n) is 13.0. The largest absolute Gasteiger partial charge is 0.459 e. The van der Waals surface area contributed by atoms with Crippen LogP contribution in [0.1, 0.15) is 62.5 Å². The minimum absolute atomic E-state index is 0.0502. The lowest BCUT2D eigenvalue weighted by molar-refractivity contribution is -0.171. The van der Waals surface area contributed by atoms with Crippen LogP contribution < -0.4 is 5.73 Å². The number of hydrogen-bond acceptors (Lipinski definition) is 6. The molecule has 0 bridgehead atoms. The quantitative estimate of drug-likeness (QED) is 0.117. The number of esters is 1. The number of guanidine groups is 1. The van der Waals surface area contributed by atoms with Crippen molar-refractivity contribution in [3.8, 4) is 0 Å². The van der Waals surface area contributed by atoms with E-state index in [0.717, 1.165) is 55.5 Å². The zero-order chi connectivity index (χ0) is 33.2. The molecule has 3 saturated heterocycles. The number of ether oxygens (including phenoxy) is 1. The van der Waals surface area contributed by atoms with Crippen molar-refractivity contribution < 1.29 is 23.9 Å². The van der Waals surface area contributed by atoms with Crippen LogP contribution in [0.2, 0.25) is 0 Å². The number of likely N-dealkylation sites (tertiary alicyclic amines) is 2. The average Bonchev–Trinajstić information content (AvgIpc) is 3.10. The maximum absolute atomic E-state index is 13.7. The molecule has 3 fully saturated rings. The van der Waals surface area contributed by atoms with Gasteiger partial charge in [-0.3, -0.25) is 15.0 Å². The van der Waals surface area contributed by atoms with E-state index in [4.69, 9.17) is 15.9 Å². The van der Waals surface area contributed by atoms with Gasteiger partial charge in [0.05, 0.1) is 5.92 Å². The zero-order valence-electron chi connectivity index (χ0n) is 27.2. The number of carbonyl (C=O) groups excluding carboxylic acids is 4. The summed E-state index contributed by atoms with van der Waals surface area (Å²) in [5, 5.41) is 7.78. The molecule has 3 unspecified atom stereocenters. The summed E-state index contributed by atoms with van der Waals surface area (Å²) in [6.45, 7) is 2.87. The Kier molecular flexibility index (Phi) is 11.9. The van der Waals surface area contributed by atoms with Crippen LogP contribution in [-0.2, 0) is 32.1 Å². The highest BCUT2D eigenvalue weighted by Gasteiger charge is 2.56. The molecule has 0 aromatic heterocycles. The van der Waals surface area contributed by atoms with Gasteiger partial charge >= 0.3 is 12.0 Å². The number of benzene rings is 2. The molecule has 3 aliphatic heterocycles. The van der Waals surface area contributed by atoms with Crippen LogP contribution in [0, 0.1) is 17.2 Å². The minimum atomic E-state index is -0.984. The number of β-lactam (4-membered cyclic amide) rings is 1. The Labute approximate surface area is 277 Å². The van der Waals surface area contributed by atoms with Crippen LogP contribution in [0.4, 0.5) is 4.79 Å². The van der Waals surface area contributed by atoms with E-state index in [1.807, 2.05) is 53.4 Å². The Morgan fingerprint density at radius 1 is 0.809 bits per heavy atom. The van der Waals surface area contributed by atoms with Crippen LogP contribution in [0.5, 0.6) is 0 Å². The summed E-state index contributed by atoms with van der Waals surface area (Å²) in [6, 6.07) is 18.2. The SMILES string of the molecule is N=C(N)N1CCCC(CCC2C(=O)N(C(=O)N3CCN(C(=O)CCCCCc4ccccc4)CC3)C2C(=O)OCc2ccccc2)C1. The Morgan fingerprint density at radius 3 is 2.15 bits per heavy atom. The maximum atomic E-state index is 13.7. The monoisotopic (exact) mass is 644 g/mol. The van der Waals surface area contributed by atoms with Crippen molar-refractivity contribution in [3.05, 3.63) is 71.8 Å². The molecule has 4 amide bonds. The number of imide groups is 1. The van der Waals surface area contributed by atoms with E-state index in [-0.39, 0.29) is 30.3 Å². The van der Waals surface area contributed by atoms with E-state index < -0.39 is 24.0 Å². The van der Waals surface area contributed by atoms with Crippen LogP contribution in [0.15, 0.2) is 60.7 Å². The lowest BCUT2D eigenvalue weighted by atomic mass is 9.80. The van der Waals surface area contributed by atoms with Crippen molar-refractivity contribution in [3.63, 3.8) is 0 Å². The van der Waals surface area contributed by atoms with Crippen LogP contribution >= 0.6 is 0 Å². The van der Waals surface area contributed by atoms with Crippen molar-refractivity contribution in [1.29, 1.82) is 5.41 Å². The number of carbonyl (C=O) groups is 4. The molecule has 0 aliphatic carbocycles. The number of unbranched alkanes of at least 4 members (excludes halogenated alkanes) is 2. The summed E-state index contributed by atoms with van der Waals surface area (Å²) in [5.41, 5.74) is 7.84. The molecule has 3 N–H and O–H groups in total. The van der Waals surface area contributed by atoms with E-state index >= 15 is 0 Å². The highest BCUT2D eigenvalue weighted by atomic mass is 16.5. The molecule has 5 rings (SSSR count). The first-order valence-electron chi connectivity index (χ1n) is 17.0. The number of rotatable bonds is 12. The van der Waals surface area contributed by atoms with Crippen LogP contribution in [-0.4, -0.2) is 94.7 Å². The number of amides is 4. The molecule has 3 atom stereocenters. The van der Waals surface area contributed by atoms with Gasteiger partial charge in [0.15, 0.2) is 12.0 Å². The highest BCUT2D eigenvalue weighted by molar-refractivity contribution is 6.07. The number of piperazine rings is 1. The zero-order valence-corrected chi connectivity index (χ0v) is 27.2. The number of aryl methyl sites for hydroxylation is 1. The predicted molar refractivity (Wildman–Crippen MR) is 178 cm³/mol. The number of hydrogen-bond donors (Lipinski definition) is 2. The molecule has 2 aromatic carbocycles. The Bertz CT molecular complexity index is 1380. The van der Waals surface area contributed by atoms with Crippen molar-refractivity contribution >= 4 is 29.8 Å². The Hall–Kier alpha value is -4.41. The lowest BCUT2D eigenvalue weighted by Crippen LogP contribution is -2.69. The first-order chi connectivity index (χ1) is 22.8. The molecule has 3 heterocycles. The van der Waals surface area contributed by atoms with E-state index in [9.17, 15) is 19.2 Å². The lowest BCUT2D eigenvalue weighted by Gasteiger charge is -2.47. The third-order valence-electron chi connectivity index (χ3n) is 9.73. The fraction of sp³-hybridized carbons (Fsp3) is 0.528. The normalized spacial score (nSPS) is 21.3. The smallest absolute Gasteiger partial charge is 0.330 e. The average molecular weight is 645 g/mol. The van der Waals surface area contributed by atoms with Crippen molar-refractivity contribution in [2.24, 2.45) is 17.6 Å². The minimum Gasteiger partial charge on any atom is -0.459 e. The molecule has 3 aliphatic rings.